The van der Waals surface area contributed by atoms with Crippen molar-refractivity contribution in [3.05, 3.63) is 64.4 Å². The van der Waals surface area contributed by atoms with E-state index in [0.29, 0.717) is 11.3 Å². The highest BCUT2D eigenvalue weighted by Crippen LogP contribution is 2.20. The largest absolute Gasteiger partial charge is 0.489 e. The van der Waals surface area contributed by atoms with Crippen LogP contribution in [0, 0.1) is 5.82 Å². The van der Waals surface area contributed by atoms with Crippen LogP contribution in [0.3, 0.4) is 0 Å². The minimum absolute atomic E-state index is 0.116. The molecule has 0 bridgehead atoms. The molecule has 19 heavy (non-hydrogen) atoms. The van der Waals surface area contributed by atoms with Crippen LogP contribution in [0.5, 0.6) is 5.75 Å². The van der Waals surface area contributed by atoms with Gasteiger partial charge in [-0.2, -0.15) is 0 Å². The normalized spacial score (nSPS) is 10.5. The molecule has 0 radical (unpaired) electrons. The minimum Gasteiger partial charge on any atom is -0.489 e. The molecule has 2 aromatic carbocycles. The monoisotopic (exact) mass is 279 g/mol. The first-order valence-electron chi connectivity index (χ1n) is 6.00. The van der Waals surface area contributed by atoms with Crippen molar-refractivity contribution in [3.8, 4) is 5.75 Å². The zero-order valence-corrected chi connectivity index (χ0v) is 11.4. The summed E-state index contributed by atoms with van der Waals surface area (Å²) in [7, 11) is 1.88. The highest BCUT2D eigenvalue weighted by atomic mass is 35.5. The van der Waals surface area contributed by atoms with Gasteiger partial charge in [-0.1, -0.05) is 35.9 Å². The lowest BCUT2D eigenvalue weighted by molar-refractivity contribution is 0.299. The van der Waals surface area contributed by atoms with Crippen molar-refractivity contribution < 1.29 is 9.13 Å². The van der Waals surface area contributed by atoms with E-state index in [1.165, 1.54) is 6.07 Å². The Morgan fingerprint density at radius 1 is 1.21 bits per heavy atom. The fourth-order valence-electron chi connectivity index (χ4n) is 1.77. The van der Waals surface area contributed by atoms with Crippen LogP contribution in [0.4, 0.5) is 4.39 Å². The predicted octanol–water partition coefficient (Wildman–Crippen LogP) is 3.78. The van der Waals surface area contributed by atoms with Crippen molar-refractivity contribution in [2.75, 3.05) is 7.05 Å². The molecule has 0 aromatic heterocycles. The Hall–Kier alpha value is -1.58. The number of benzene rings is 2. The Kier molecular flexibility index (Phi) is 4.77. The average molecular weight is 280 g/mol. The molecular formula is C15H15ClFNO. The lowest BCUT2D eigenvalue weighted by atomic mass is 10.2. The van der Waals surface area contributed by atoms with Gasteiger partial charge in [0.05, 0.1) is 5.02 Å². The zero-order chi connectivity index (χ0) is 13.7. The molecule has 0 saturated carbocycles. The molecule has 0 spiro atoms. The van der Waals surface area contributed by atoms with E-state index in [9.17, 15) is 4.39 Å². The third kappa shape index (κ3) is 3.69. The zero-order valence-electron chi connectivity index (χ0n) is 10.6. The number of rotatable bonds is 5. The number of hydrogen-bond donors (Lipinski definition) is 1. The molecule has 0 unspecified atom stereocenters. The lowest BCUT2D eigenvalue weighted by Crippen LogP contribution is -2.05. The SMILES string of the molecule is CNCc1cccc(OCc2cccc(Cl)c2F)c1. The van der Waals surface area contributed by atoms with Crippen LogP contribution in [0.25, 0.3) is 0 Å². The van der Waals surface area contributed by atoms with Gasteiger partial charge in [-0.3, -0.25) is 0 Å². The minimum atomic E-state index is -0.421. The summed E-state index contributed by atoms with van der Waals surface area (Å²) >= 11 is 5.72. The molecule has 0 atom stereocenters. The van der Waals surface area contributed by atoms with E-state index < -0.39 is 5.82 Å². The highest BCUT2D eigenvalue weighted by molar-refractivity contribution is 6.30. The van der Waals surface area contributed by atoms with Gasteiger partial charge < -0.3 is 10.1 Å². The Morgan fingerprint density at radius 2 is 2.00 bits per heavy atom. The number of ether oxygens (including phenoxy) is 1. The van der Waals surface area contributed by atoms with Gasteiger partial charge in [0, 0.05) is 12.1 Å². The Bertz CT molecular complexity index is 560. The van der Waals surface area contributed by atoms with E-state index in [1.807, 2.05) is 31.3 Å². The molecule has 100 valence electrons. The van der Waals surface area contributed by atoms with Gasteiger partial charge in [0.1, 0.15) is 18.2 Å². The van der Waals surface area contributed by atoms with Gasteiger partial charge in [-0.15, -0.1) is 0 Å². The molecule has 0 aliphatic heterocycles. The summed E-state index contributed by atoms with van der Waals surface area (Å²) in [6, 6.07) is 12.6. The lowest BCUT2D eigenvalue weighted by Gasteiger charge is -2.09. The standard InChI is InChI=1S/C15H15ClFNO/c1-18-9-11-4-2-6-13(8-11)19-10-12-5-3-7-14(16)15(12)17/h2-8,18H,9-10H2,1H3. The van der Waals surface area contributed by atoms with Crippen molar-refractivity contribution in [1.29, 1.82) is 0 Å². The Balaban J connectivity index is 2.06. The van der Waals surface area contributed by atoms with Gasteiger partial charge in [0.25, 0.3) is 0 Å². The highest BCUT2D eigenvalue weighted by Gasteiger charge is 2.06. The summed E-state index contributed by atoms with van der Waals surface area (Å²) in [4.78, 5) is 0. The third-order valence-corrected chi connectivity index (χ3v) is 3.00. The predicted molar refractivity (Wildman–Crippen MR) is 74.9 cm³/mol. The van der Waals surface area contributed by atoms with E-state index in [0.717, 1.165) is 12.1 Å². The van der Waals surface area contributed by atoms with Gasteiger partial charge in [-0.05, 0) is 30.8 Å². The van der Waals surface area contributed by atoms with Crippen molar-refractivity contribution in [1.82, 2.24) is 5.32 Å². The van der Waals surface area contributed by atoms with Gasteiger partial charge in [0.2, 0.25) is 0 Å². The molecule has 2 rings (SSSR count). The van der Waals surface area contributed by atoms with Gasteiger partial charge in [0.15, 0.2) is 0 Å². The van der Waals surface area contributed by atoms with Crippen LogP contribution in [-0.2, 0) is 13.2 Å². The number of halogens is 2. The van der Waals surface area contributed by atoms with Crippen molar-refractivity contribution in [2.24, 2.45) is 0 Å². The second-order valence-electron chi connectivity index (χ2n) is 4.18. The molecule has 0 aliphatic rings. The van der Waals surface area contributed by atoms with Crippen molar-refractivity contribution in [3.63, 3.8) is 0 Å². The molecule has 0 aliphatic carbocycles. The van der Waals surface area contributed by atoms with E-state index in [-0.39, 0.29) is 11.6 Å². The van der Waals surface area contributed by atoms with Crippen molar-refractivity contribution >= 4 is 11.6 Å². The second-order valence-corrected chi connectivity index (χ2v) is 4.59. The Morgan fingerprint density at radius 3 is 2.79 bits per heavy atom. The van der Waals surface area contributed by atoms with E-state index in [2.05, 4.69) is 5.32 Å². The Labute approximate surface area is 117 Å². The summed E-state index contributed by atoms with van der Waals surface area (Å²) in [5, 5.41) is 3.18. The third-order valence-electron chi connectivity index (χ3n) is 2.71. The fraction of sp³-hybridized carbons (Fsp3) is 0.200. The first-order valence-corrected chi connectivity index (χ1v) is 6.37. The molecule has 0 saturated heterocycles. The molecular weight excluding hydrogens is 265 g/mol. The van der Waals surface area contributed by atoms with Crippen LogP contribution in [0.1, 0.15) is 11.1 Å². The molecule has 2 nitrogen and oxygen atoms in total. The van der Waals surface area contributed by atoms with E-state index in [4.69, 9.17) is 16.3 Å². The fourth-order valence-corrected chi connectivity index (χ4v) is 1.96. The summed E-state index contributed by atoms with van der Waals surface area (Å²) in [6.07, 6.45) is 0. The van der Waals surface area contributed by atoms with E-state index in [1.54, 1.807) is 12.1 Å². The van der Waals surface area contributed by atoms with E-state index >= 15 is 0 Å². The van der Waals surface area contributed by atoms with Crippen LogP contribution in [0.15, 0.2) is 42.5 Å². The van der Waals surface area contributed by atoms with Gasteiger partial charge in [-0.25, -0.2) is 4.39 Å². The smallest absolute Gasteiger partial charge is 0.148 e. The van der Waals surface area contributed by atoms with Crippen LogP contribution in [0.2, 0.25) is 5.02 Å². The van der Waals surface area contributed by atoms with Crippen molar-refractivity contribution in [2.45, 2.75) is 13.2 Å². The first-order chi connectivity index (χ1) is 9.20. The molecule has 0 fully saturated rings. The maximum absolute atomic E-state index is 13.7. The van der Waals surface area contributed by atoms with Gasteiger partial charge >= 0.3 is 0 Å². The number of nitrogens with one attached hydrogen (secondary N) is 1. The summed E-state index contributed by atoms with van der Waals surface area (Å²) < 4.78 is 19.3. The summed E-state index contributed by atoms with van der Waals surface area (Å²) in [5.74, 6) is 0.294. The average Bonchev–Trinajstić information content (AvgIpc) is 2.41. The molecule has 2 aromatic rings. The maximum Gasteiger partial charge on any atom is 0.148 e. The maximum atomic E-state index is 13.7. The molecule has 1 N–H and O–H groups in total. The van der Waals surface area contributed by atoms with Crippen LogP contribution in [-0.4, -0.2) is 7.05 Å². The number of hydrogen-bond acceptors (Lipinski definition) is 2. The summed E-state index contributed by atoms with van der Waals surface area (Å²) in [6.45, 7) is 0.929. The van der Waals surface area contributed by atoms with Crippen LogP contribution < -0.4 is 10.1 Å². The quantitative estimate of drug-likeness (QED) is 0.899. The summed E-state index contributed by atoms with van der Waals surface area (Å²) in [5.41, 5.74) is 1.57. The topological polar surface area (TPSA) is 21.3 Å². The second kappa shape index (κ2) is 6.55. The molecule has 0 amide bonds. The first kappa shape index (κ1) is 13.8. The molecule has 4 heteroatoms. The van der Waals surface area contributed by atoms with Crippen LogP contribution >= 0.6 is 11.6 Å². The molecule has 0 heterocycles.